The van der Waals surface area contributed by atoms with Gasteiger partial charge in [0.05, 0.1) is 6.07 Å². The van der Waals surface area contributed by atoms with Gasteiger partial charge >= 0.3 is 0 Å². The minimum Gasteiger partial charge on any atom is -0.313 e. The molecule has 0 aromatic carbocycles. The molecule has 0 aromatic heterocycles. The number of likely N-dealkylation sites (tertiary alicyclic amines) is 1. The Balaban J connectivity index is 2.22. The maximum Gasteiger partial charge on any atom is 0.104 e. The van der Waals surface area contributed by atoms with Crippen molar-refractivity contribution in [3.8, 4) is 6.07 Å². The molecule has 0 amide bonds. The first kappa shape index (κ1) is 13.5. The van der Waals surface area contributed by atoms with Crippen LogP contribution >= 0.6 is 0 Å². The van der Waals surface area contributed by atoms with E-state index in [1.165, 1.54) is 25.9 Å². The highest BCUT2D eigenvalue weighted by atomic mass is 15.1. The van der Waals surface area contributed by atoms with Crippen molar-refractivity contribution < 1.29 is 0 Å². The lowest BCUT2D eigenvalue weighted by Gasteiger charge is -2.31. The molecule has 1 saturated heterocycles. The predicted molar refractivity (Wildman–Crippen MR) is 66.9 cm³/mol. The topological polar surface area (TPSA) is 53.1 Å². The number of piperidine rings is 1. The van der Waals surface area contributed by atoms with Crippen LogP contribution in [0.4, 0.5) is 0 Å². The summed E-state index contributed by atoms with van der Waals surface area (Å²) in [6.45, 7) is 7.86. The standard InChI is InChI=1S/C13H25N3/c1-3-13(15,11-14)7-5-9-16-8-4-6-12(2)10-16/h12H,3-10,15H2,1-2H3. The second-order valence-electron chi connectivity index (χ2n) is 5.27. The average Bonchev–Trinajstić information content (AvgIpc) is 2.29. The molecule has 92 valence electrons. The summed E-state index contributed by atoms with van der Waals surface area (Å²) >= 11 is 0. The Bertz CT molecular complexity index is 246. The molecule has 2 atom stereocenters. The van der Waals surface area contributed by atoms with Crippen molar-refractivity contribution >= 4 is 0 Å². The maximum absolute atomic E-state index is 8.98. The van der Waals surface area contributed by atoms with E-state index in [-0.39, 0.29) is 0 Å². The normalized spacial score (nSPS) is 26.0. The summed E-state index contributed by atoms with van der Waals surface area (Å²) in [5.41, 5.74) is 5.36. The fraction of sp³-hybridized carbons (Fsp3) is 0.923. The van der Waals surface area contributed by atoms with Gasteiger partial charge in [-0.15, -0.1) is 0 Å². The van der Waals surface area contributed by atoms with Crippen molar-refractivity contribution in [2.24, 2.45) is 11.7 Å². The summed E-state index contributed by atoms with van der Waals surface area (Å²) < 4.78 is 0. The van der Waals surface area contributed by atoms with Crippen LogP contribution in [0.15, 0.2) is 0 Å². The summed E-state index contributed by atoms with van der Waals surface area (Å²) in [7, 11) is 0. The summed E-state index contributed by atoms with van der Waals surface area (Å²) in [4.78, 5) is 2.52. The summed E-state index contributed by atoms with van der Waals surface area (Å²) in [6.07, 6.45) is 5.31. The van der Waals surface area contributed by atoms with E-state index in [9.17, 15) is 0 Å². The number of hydrogen-bond acceptors (Lipinski definition) is 3. The van der Waals surface area contributed by atoms with Gasteiger partial charge in [0.2, 0.25) is 0 Å². The van der Waals surface area contributed by atoms with E-state index < -0.39 is 5.54 Å². The van der Waals surface area contributed by atoms with E-state index >= 15 is 0 Å². The van der Waals surface area contributed by atoms with Gasteiger partial charge in [-0.25, -0.2) is 0 Å². The molecule has 3 nitrogen and oxygen atoms in total. The van der Waals surface area contributed by atoms with Crippen LogP contribution in [0.25, 0.3) is 0 Å². The number of nitrogens with zero attached hydrogens (tertiary/aromatic N) is 2. The summed E-state index contributed by atoms with van der Waals surface area (Å²) in [6, 6.07) is 2.23. The quantitative estimate of drug-likeness (QED) is 0.777. The van der Waals surface area contributed by atoms with Crippen LogP contribution in [0.2, 0.25) is 0 Å². The molecule has 0 spiro atoms. The molecule has 0 aliphatic carbocycles. The molecule has 1 aliphatic rings. The van der Waals surface area contributed by atoms with Crippen molar-refractivity contribution in [1.82, 2.24) is 4.90 Å². The Hall–Kier alpha value is -0.590. The van der Waals surface area contributed by atoms with Gasteiger partial charge in [0, 0.05) is 6.54 Å². The van der Waals surface area contributed by atoms with Gasteiger partial charge in [-0.2, -0.15) is 5.26 Å². The Morgan fingerprint density at radius 2 is 2.31 bits per heavy atom. The Labute approximate surface area is 99.6 Å². The molecule has 1 heterocycles. The van der Waals surface area contributed by atoms with Crippen LogP contribution in [-0.4, -0.2) is 30.1 Å². The fourth-order valence-electron chi connectivity index (χ4n) is 2.42. The SMILES string of the molecule is CCC(N)(C#N)CCCN1CCCC(C)C1. The predicted octanol–water partition coefficient (Wildman–Crippen LogP) is 2.13. The summed E-state index contributed by atoms with van der Waals surface area (Å²) in [5.74, 6) is 0.832. The second-order valence-corrected chi connectivity index (χ2v) is 5.27. The zero-order chi connectivity index (χ0) is 12.0. The third kappa shape index (κ3) is 4.11. The average molecular weight is 223 g/mol. The first-order valence-corrected chi connectivity index (χ1v) is 6.52. The first-order chi connectivity index (χ1) is 7.59. The van der Waals surface area contributed by atoms with E-state index in [1.807, 2.05) is 6.92 Å². The smallest absolute Gasteiger partial charge is 0.104 e. The molecular weight excluding hydrogens is 198 g/mol. The minimum atomic E-state index is -0.596. The molecule has 1 fully saturated rings. The third-order valence-electron chi connectivity index (χ3n) is 3.69. The monoisotopic (exact) mass is 223 g/mol. The molecule has 3 heteroatoms. The van der Waals surface area contributed by atoms with E-state index in [0.717, 1.165) is 31.7 Å². The largest absolute Gasteiger partial charge is 0.313 e. The lowest BCUT2D eigenvalue weighted by atomic mass is 9.93. The Kier molecular flexibility index (Phi) is 5.24. The van der Waals surface area contributed by atoms with E-state index in [0.29, 0.717) is 0 Å². The number of rotatable bonds is 5. The zero-order valence-electron chi connectivity index (χ0n) is 10.7. The highest BCUT2D eigenvalue weighted by molar-refractivity contribution is 5.03. The van der Waals surface area contributed by atoms with Crippen LogP contribution in [0.5, 0.6) is 0 Å². The molecule has 0 radical (unpaired) electrons. The van der Waals surface area contributed by atoms with Gasteiger partial charge in [0.15, 0.2) is 0 Å². The molecule has 0 saturated carbocycles. The molecule has 0 aromatic rings. The van der Waals surface area contributed by atoms with Crippen molar-refractivity contribution in [3.63, 3.8) is 0 Å². The second kappa shape index (κ2) is 6.22. The van der Waals surface area contributed by atoms with Gasteiger partial charge < -0.3 is 10.6 Å². The van der Waals surface area contributed by atoms with Crippen LogP contribution in [0.3, 0.4) is 0 Å². The molecule has 2 unspecified atom stereocenters. The van der Waals surface area contributed by atoms with Gasteiger partial charge in [-0.05, 0) is 51.1 Å². The number of hydrogen-bond donors (Lipinski definition) is 1. The third-order valence-corrected chi connectivity index (χ3v) is 3.69. The first-order valence-electron chi connectivity index (χ1n) is 6.52. The molecule has 0 bridgehead atoms. The lowest BCUT2D eigenvalue weighted by Crippen LogP contribution is -2.39. The van der Waals surface area contributed by atoms with Crippen LogP contribution in [-0.2, 0) is 0 Å². The van der Waals surface area contributed by atoms with E-state index in [2.05, 4.69) is 17.9 Å². The Morgan fingerprint density at radius 1 is 1.56 bits per heavy atom. The van der Waals surface area contributed by atoms with Gasteiger partial charge in [-0.3, -0.25) is 0 Å². The minimum absolute atomic E-state index is 0.596. The van der Waals surface area contributed by atoms with Crippen molar-refractivity contribution in [2.75, 3.05) is 19.6 Å². The zero-order valence-corrected chi connectivity index (χ0v) is 10.7. The van der Waals surface area contributed by atoms with E-state index in [4.69, 9.17) is 11.0 Å². The molecular formula is C13H25N3. The lowest BCUT2D eigenvalue weighted by molar-refractivity contribution is 0.178. The number of nitriles is 1. The van der Waals surface area contributed by atoms with Gasteiger partial charge in [-0.1, -0.05) is 13.8 Å². The summed E-state index contributed by atoms with van der Waals surface area (Å²) in [5, 5.41) is 8.98. The van der Waals surface area contributed by atoms with Gasteiger partial charge in [0.25, 0.3) is 0 Å². The van der Waals surface area contributed by atoms with Crippen molar-refractivity contribution in [2.45, 2.75) is 51.5 Å². The maximum atomic E-state index is 8.98. The van der Waals surface area contributed by atoms with E-state index in [1.54, 1.807) is 0 Å². The van der Waals surface area contributed by atoms with Gasteiger partial charge in [0.1, 0.15) is 5.54 Å². The molecule has 1 aliphatic heterocycles. The van der Waals surface area contributed by atoms with Crippen LogP contribution in [0, 0.1) is 17.2 Å². The Morgan fingerprint density at radius 3 is 2.88 bits per heavy atom. The fourth-order valence-corrected chi connectivity index (χ4v) is 2.42. The molecule has 1 rings (SSSR count). The van der Waals surface area contributed by atoms with Crippen LogP contribution in [0.1, 0.15) is 46.0 Å². The molecule has 16 heavy (non-hydrogen) atoms. The molecule has 2 N–H and O–H groups in total. The highest BCUT2D eigenvalue weighted by Gasteiger charge is 2.22. The highest BCUT2D eigenvalue weighted by Crippen LogP contribution is 2.18. The number of nitrogens with two attached hydrogens (primary N) is 1. The van der Waals surface area contributed by atoms with Crippen LogP contribution < -0.4 is 5.73 Å². The van der Waals surface area contributed by atoms with Crippen molar-refractivity contribution in [1.29, 1.82) is 5.26 Å². The van der Waals surface area contributed by atoms with Crippen molar-refractivity contribution in [3.05, 3.63) is 0 Å².